The Kier molecular flexibility index (Phi) is 3.56. The van der Waals surface area contributed by atoms with Crippen LogP contribution in [0.1, 0.15) is 27.2 Å². The van der Waals surface area contributed by atoms with Crippen LogP contribution in [0, 0.1) is 22.7 Å². The van der Waals surface area contributed by atoms with Gasteiger partial charge in [-0.1, -0.05) is 12.5 Å². The number of aliphatic hydroxyl groups excluding tert-OH is 4. The second-order valence-electron chi connectivity index (χ2n) is 9.79. The zero-order valence-corrected chi connectivity index (χ0v) is 16.4. The first kappa shape index (κ1) is 19.6. The predicted octanol–water partition coefficient (Wildman–Crippen LogP) is -1.95. The number of esters is 1. The monoisotopic (exact) mass is 410 g/mol. The van der Waals surface area contributed by atoms with Crippen LogP contribution in [0.25, 0.3) is 0 Å². The number of fused-ring (bicyclic) bond motifs is 2. The van der Waals surface area contributed by atoms with Crippen molar-refractivity contribution in [2.45, 2.75) is 68.9 Å². The Hall–Kier alpha value is -1.36. The molecule has 0 aromatic heterocycles. The molecule has 5 aliphatic rings. The SMILES string of the molecule is CC1=CC(=O)C(O)[C@]2(C)[C@H]3C(O)C(O)[C@@]4(C)OC[C@@]35[C@@H](C[C@@H]12)OC(=O)C(O)[C@]54O. The topological polar surface area (TPSA) is 154 Å². The molecular formula is C20H26O9. The summed E-state index contributed by atoms with van der Waals surface area (Å²) in [6.07, 6.45) is -6.07. The molecule has 5 N–H and O–H groups in total. The van der Waals surface area contributed by atoms with E-state index in [1.807, 2.05) is 0 Å². The van der Waals surface area contributed by atoms with E-state index in [2.05, 4.69) is 0 Å². The Morgan fingerprint density at radius 3 is 2.41 bits per heavy atom. The highest BCUT2D eigenvalue weighted by Gasteiger charge is 2.88. The summed E-state index contributed by atoms with van der Waals surface area (Å²) in [5, 5.41) is 55.8. The predicted molar refractivity (Wildman–Crippen MR) is 94.1 cm³/mol. The summed E-state index contributed by atoms with van der Waals surface area (Å²) in [6, 6.07) is 0. The summed E-state index contributed by atoms with van der Waals surface area (Å²) in [7, 11) is 0. The number of hydrogen-bond acceptors (Lipinski definition) is 9. The second-order valence-corrected chi connectivity index (χ2v) is 9.79. The molecule has 2 aliphatic heterocycles. The van der Waals surface area contributed by atoms with Crippen LogP contribution in [0.2, 0.25) is 0 Å². The molecule has 9 nitrogen and oxygen atoms in total. The Balaban J connectivity index is 1.83. The van der Waals surface area contributed by atoms with Crippen molar-refractivity contribution >= 4 is 11.8 Å². The van der Waals surface area contributed by atoms with Crippen LogP contribution in [0.4, 0.5) is 0 Å². The van der Waals surface area contributed by atoms with E-state index in [4.69, 9.17) is 9.47 Å². The lowest BCUT2D eigenvalue weighted by Crippen LogP contribution is -2.86. The third-order valence-corrected chi connectivity index (χ3v) is 8.96. The molecule has 2 saturated heterocycles. The fraction of sp³-hybridized carbons (Fsp3) is 0.800. The second kappa shape index (κ2) is 5.27. The lowest BCUT2D eigenvalue weighted by Gasteiger charge is -2.70. The highest BCUT2D eigenvalue weighted by atomic mass is 16.6. The Labute approximate surface area is 166 Å². The maximum atomic E-state index is 12.5. The van der Waals surface area contributed by atoms with E-state index in [0.29, 0.717) is 5.57 Å². The lowest BCUT2D eigenvalue weighted by molar-refractivity contribution is -0.351. The number of rotatable bonds is 0. The molecule has 11 atom stereocenters. The molecule has 9 heteroatoms. The molecule has 0 amide bonds. The number of hydrogen-bond donors (Lipinski definition) is 5. The minimum Gasteiger partial charge on any atom is -0.460 e. The number of allylic oxidation sites excluding steroid dienone is 1. The third kappa shape index (κ3) is 1.70. The molecule has 5 rings (SSSR count). The zero-order chi connectivity index (χ0) is 21.3. The zero-order valence-electron chi connectivity index (χ0n) is 16.4. The molecule has 0 aromatic rings. The summed E-state index contributed by atoms with van der Waals surface area (Å²) >= 11 is 0. The van der Waals surface area contributed by atoms with Gasteiger partial charge in [0.25, 0.3) is 0 Å². The first-order valence-electron chi connectivity index (χ1n) is 9.90. The maximum absolute atomic E-state index is 12.5. The first-order chi connectivity index (χ1) is 13.4. The van der Waals surface area contributed by atoms with Gasteiger partial charge in [-0.2, -0.15) is 0 Å². The summed E-state index contributed by atoms with van der Waals surface area (Å²) in [6.45, 7) is 4.52. The molecule has 3 aliphatic carbocycles. The van der Waals surface area contributed by atoms with E-state index >= 15 is 0 Å². The normalized spacial score (nSPS) is 60.8. The number of carbonyl (C=O) groups is 2. The molecule has 4 fully saturated rings. The van der Waals surface area contributed by atoms with Crippen molar-refractivity contribution in [1.82, 2.24) is 0 Å². The summed E-state index contributed by atoms with van der Waals surface area (Å²) in [4.78, 5) is 25.0. The number of ether oxygens (including phenoxy) is 2. The van der Waals surface area contributed by atoms with Crippen molar-refractivity contribution in [3.63, 3.8) is 0 Å². The fourth-order valence-electron chi connectivity index (χ4n) is 7.56. The van der Waals surface area contributed by atoms with E-state index in [1.54, 1.807) is 13.8 Å². The van der Waals surface area contributed by atoms with Crippen LogP contribution in [0.3, 0.4) is 0 Å². The molecule has 0 aromatic carbocycles. The molecular weight excluding hydrogens is 384 g/mol. The van der Waals surface area contributed by atoms with Crippen LogP contribution in [-0.2, 0) is 19.1 Å². The molecule has 2 heterocycles. The number of aliphatic hydroxyl groups is 5. The van der Waals surface area contributed by atoms with E-state index in [9.17, 15) is 35.1 Å². The van der Waals surface area contributed by atoms with Gasteiger partial charge in [0.05, 0.1) is 18.1 Å². The first-order valence-corrected chi connectivity index (χ1v) is 9.90. The Bertz CT molecular complexity index is 855. The molecule has 2 bridgehead atoms. The molecule has 0 radical (unpaired) electrons. The van der Waals surface area contributed by atoms with E-state index < -0.39 is 76.1 Å². The summed E-state index contributed by atoms with van der Waals surface area (Å²) in [5.41, 5.74) is -6.22. The lowest BCUT2D eigenvalue weighted by atomic mass is 9.36. The van der Waals surface area contributed by atoms with Crippen molar-refractivity contribution < 1.29 is 44.6 Å². The van der Waals surface area contributed by atoms with E-state index in [0.717, 1.165) is 0 Å². The summed E-state index contributed by atoms with van der Waals surface area (Å²) in [5.74, 6) is -3.08. The van der Waals surface area contributed by atoms with Crippen LogP contribution in [0.15, 0.2) is 11.6 Å². The number of carbonyl (C=O) groups excluding carboxylic acids is 2. The van der Waals surface area contributed by atoms with Crippen molar-refractivity contribution in [2.75, 3.05) is 6.61 Å². The van der Waals surface area contributed by atoms with E-state index in [1.165, 1.54) is 13.0 Å². The largest absolute Gasteiger partial charge is 0.460 e. The van der Waals surface area contributed by atoms with Gasteiger partial charge in [0.2, 0.25) is 0 Å². The van der Waals surface area contributed by atoms with Crippen molar-refractivity contribution in [2.24, 2.45) is 22.7 Å². The molecule has 1 spiro atoms. The highest BCUT2D eigenvalue weighted by molar-refractivity contribution is 5.96. The van der Waals surface area contributed by atoms with Gasteiger partial charge in [-0.15, -0.1) is 0 Å². The van der Waals surface area contributed by atoms with E-state index in [-0.39, 0.29) is 13.0 Å². The van der Waals surface area contributed by atoms with Gasteiger partial charge in [0.15, 0.2) is 11.9 Å². The average Bonchev–Trinajstić information content (AvgIpc) is 2.85. The van der Waals surface area contributed by atoms with Gasteiger partial charge in [-0.05, 0) is 32.3 Å². The molecule has 4 unspecified atom stereocenters. The minimum absolute atomic E-state index is 0.183. The van der Waals surface area contributed by atoms with Gasteiger partial charge in [-0.25, -0.2) is 4.79 Å². The van der Waals surface area contributed by atoms with Crippen molar-refractivity contribution in [3.8, 4) is 0 Å². The van der Waals surface area contributed by atoms with Crippen LogP contribution in [0.5, 0.6) is 0 Å². The van der Waals surface area contributed by atoms with Gasteiger partial charge in [0, 0.05) is 11.3 Å². The highest BCUT2D eigenvalue weighted by Crippen LogP contribution is 2.73. The summed E-state index contributed by atoms with van der Waals surface area (Å²) < 4.78 is 11.4. The van der Waals surface area contributed by atoms with Crippen LogP contribution < -0.4 is 0 Å². The Morgan fingerprint density at radius 2 is 1.76 bits per heavy atom. The van der Waals surface area contributed by atoms with Crippen LogP contribution in [-0.4, -0.2) is 85.6 Å². The van der Waals surface area contributed by atoms with Gasteiger partial charge < -0.3 is 35.0 Å². The third-order valence-electron chi connectivity index (χ3n) is 8.96. The van der Waals surface area contributed by atoms with Crippen LogP contribution >= 0.6 is 0 Å². The standard InChI is InChI=1S/C20H26O9/c1-7-4-9(21)13(23)17(2)8(7)5-10-19-6-28-18(3,14(24)11(22)12(17)19)20(19,27)15(25)16(26)29-10/h4,8,10-15,22-25,27H,5-6H2,1-3H3/t8-,10+,11?,12+,13?,14?,15?,17-,18+,19+,20+/m0/s1. The Morgan fingerprint density at radius 1 is 1.10 bits per heavy atom. The maximum Gasteiger partial charge on any atom is 0.338 e. The minimum atomic E-state index is -2.27. The van der Waals surface area contributed by atoms with Crippen molar-refractivity contribution in [1.29, 1.82) is 0 Å². The average molecular weight is 410 g/mol. The molecule has 29 heavy (non-hydrogen) atoms. The molecule has 2 saturated carbocycles. The fourth-order valence-corrected chi connectivity index (χ4v) is 7.56. The smallest absolute Gasteiger partial charge is 0.338 e. The molecule has 160 valence electrons. The quantitative estimate of drug-likeness (QED) is 0.287. The number of ketones is 1. The van der Waals surface area contributed by atoms with Crippen molar-refractivity contribution in [3.05, 3.63) is 11.6 Å². The van der Waals surface area contributed by atoms with Gasteiger partial charge in [0.1, 0.15) is 29.5 Å². The van der Waals surface area contributed by atoms with Gasteiger partial charge in [-0.3, -0.25) is 4.79 Å². The van der Waals surface area contributed by atoms with Gasteiger partial charge >= 0.3 is 5.97 Å².